The van der Waals surface area contributed by atoms with Crippen LogP contribution in [0.15, 0.2) is 89.9 Å². The number of nitrogens with one attached hydrogen (secondary N) is 5. The average molecular weight is 588 g/mol. The summed E-state index contributed by atoms with van der Waals surface area (Å²) < 4.78 is 5.09. The van der Waals surface area contributed by atoms with Gasteiger partial charge in [-0.25, -0.2) is 9.59 Å². The van der Waals surface area contributed by atoms with E-state index in [2.05, 4.69) is 31.6 Å². The Morgan fingerprint density at radius 3 is 1.98 bits per heavy atom. The summed E-state index contributed by atoms with van der Waals surface area (Å²) in [6.45, 7) is 0.413. The largest absolute Gasteiger partial charge is 0.412 e. The molecule has 0 bridgehead atoms. The van der Waals surface area contributed by atoms with Gasteiger partial charge in [0.2, 0.25) is 11.8 Å². The Morgan fingerprint density at radius 1 is 0.814 bits per heavy atom. The zero-order valence-corrected chi connectivity index (χ0v) is 24.1. The lowest BCUT2D eigenvalue weighted by Crippen LogP contribution is -2.48. The lowest BCUT2D eigenvalue weighted by Gasteiger charge is -2.23. The first kappa shape index (κ1) is 32.1. The van der Waals surface area contributed by atoms with E-state index < -0.39 is 24.1 Å². The lowest BCUT2D eigenvalue weighted by atomic mass is 9.90. The van der Waals surface area contributed by atoms with Gasteiger partial charge in [-0.3, -0.25) is 19.9 Å². The first-order chi connectivity index (χ1) is 20.8. The second kappa shape index (κ2) is 16.8. The minimum Gasteiger partial charge on any atom is -0.410 e. The van der Waals surface area contributed by atoms with Gasteiger partial charge in [-0.1, -0.05) is 72.8 Å². The highest BCUT2D eigenvalue weighted by Crippen LogP contribution is 2.25. The van der Waals surface area contributed by atoms with Crippen LogP contribution in [0.4, 0.5) is 9.59 Å². The minimum absolute atomic E-state index is 0.0542. The number of benzene rings is 3. The van der Waals surface area contributed by atoms with Crippen molar-refractivity contribution in [1.82, 2.24) is 26.6 Å². The maximum absolute atomic E-state index is 13.7. The molecule has 43 heavy (non-hydrogen) atoms. The number of aliphatic imine (C=N–C) groups is 1. The van der Waals surface area contributed by atoms with E-state index in [1.165, 1.54) is 14.1 Å². The van der Waals surface area contributed by atoms with E-state index in [4.69, 9.17) is 10.5 Å². The average Bonchev–Trinajstić information content (AvgIpc) is 3.03. The SMILES string of the molecule is CNC(=O)NC(N)=NCCCC(NC(=O)C(c1ccccc1)c1ccccc1)C(=O)NCc1ccc(OC(=O)NC)cc1. The van der Waals surface area contributed by atoms with Crippen LogP contribution in [0.5, 0.6) is 5.75 Å². The van der Waals surface area contributed by atoms with E-state index in [0.29, 0.717) is 12.2 Å². The highest BCUT2D eigenvalue weighted by molar-refractivity contribution is 5.95. The Kier molecular flexibility index (Phi) is 12.5. The first-order valence-corrected chi connectivity index (χ1v) is 13.8. The fraction of sp³-hybridized carbons (Fsp3) is 0.258. The van der Waals surface area contributed by atoms with Gasteiger partial charge in [-0.05, 0) is 41.7 Å². The summed E-state index contributed by atoms with van der Waals surface area (Å²) in [5.41, 5.74) is 8.09. The van der Waals surface area contributed by atoms with Gasteiger partial charge in [0.05, 0.1) is 5.92 Å². The number of nitrogens with zero attached hydrogens (tertiary/aromatic N) is 1. The van der Waals surface area contributed by atoms with Gasteiger partial charge in [0.15, 0.2) is 5.96 Å². The third-order valence-corrected chi connectivity index (χ3v) is 6.37. The molecule has 12 nitrogen and oxygen atoms in total. The van der Waals surface area contributed by atoms with Crippen molar-refractivity contribution in [2.45, 2.75) is 31.3 Å². The molecular weight excluding hydrogens is 550 g/mol. The van der Waals surface area contributed by atoms with Crippen molar-refractivity contribution in [3.8, 4) is 5.75 Å². The molecule has 3 aromatic rings. The fourth-order valence-electron chi connectivity index (χ4n) is 4.17. The molecule has 0 radical (unpaired) electrons. The van der Waals surface area contributed by atoms with Crippen molar-refractivity contribution < 1.29 is 23.9 Å². The molecule has 1 unspecified atom stereocenters. The van der Waals surface area contributed by atoms with E-state index in [9.17, 15) is 19.2 Å². The van der Waals surface area contributed by atoms with E-state index in [0.717, 1.165) is 16.7 Å². The van der Waals surface area contributed by atoms with Gasteiger partial charge in [-0.2, -0.15) is 0 Å². The molecule has 1 atom stereocenters. The lowest BCUT2D eigenvalue weighted by molar-refractivity contribution is -0.129. The predicted molar refractivity (Wildman–Crippen MR) is 163 cm³/mol. The molecule has 3 aromatic carbocycles. The smallest absolute Gasteiger partial charge is 0.410 e. The quantitative estimate of drug-likeness (QED) is 0.108. The number of rotatable bonds is 12. The standard InChI is InChI=1S/C31H37N7O5/c1-33-30(41)38-29(32)35-19-9-14-25(27(39)36-20-21-15-17-24(18-16-21)43-31(42)34-2)37-28(40)26(22-10-5-3-6-11-22)23-12-7-4-8-13-23/h3-8,10-13,15-18,25-26H,9,14,19-20H2,1-2H3,(H,34,42)(H,36,39)(H,37,40)(H4,32,33,35,38,41). The third kappa shape index (κ3) is 10.5. The maximum Gasteiger partial charge on any atom is 0.412 e. The Bertz CT molecular complexity index is 1340. The molecule has 12 heteroatoms. The zero-order chi connectivity index (χ0) is 31.0. The summed E-state index contributed by atoms with van der Waals surface area (Å²) in [5, 5.41) is 13.0. The van der Waals surface area contributed by atoms with Gasteiger partial charge < -0.3 is 31.7 Å². The number of hydrogen-bond acceptors (Lipinski definition) is 6. The second-order valence-electron chi connectivity index (χ2n) is 9.43. The molecule has 0 fully saturated rings. The molecule has 7 N–H and O–H groups in total. The zero-order valence-electron chi connectivity index (χ0n) is 24.1. The molecule has 5 amide bonds. The molecule has 3 rings (SSSR count). The summed E-state index contributed by atoms with van der Waals surface area (Å²) >= 11 is 0. The van der Waals surface area contributed by atoms with Crippen LogP contribution in [-0.2, 0) is 16.1 Å². The Morgan fingerprint density at radius 2 is 1.42 bits per heavy atom. The molecule has 0 aromatic heterocycles. The molecule has 0 spiro atoms. The van der Waals surface area contributed by atoms with Crippen molar-refractivity contribution in [3.05, 3.63) is 102 Å². The van der Waals surface area contributed by atoms with Crippen molar-refractivity contribution in [2.75, 3.05) is 20.6 Å². The second-order valence-corrected chi connectivity index (χ2v) is 9.43. The van der Waals surface area contributed by atoms with Crippen LogP contribution in [0, 0.1) is 0 Å². The minimum atomic E-state index is -0.874. The van der Waals surface area contributed by atoms with E-state index in [1.807, 2.05) is 60.7 Å². The van der Waals surface area contributed by atoms with Crippen molar-refractivity contribution in [2.24, 2.45) is 10.7 Å². The molecule has 0 aliphatic carbocycles. The van der Waals surface area contributed by atoms with Crippen LogP contribution >= 0.6 is 0 Å². The highest BCUT2D eigenvalue weighted by atomic mass is 16.5. The van der Waals surface area contributed by atoms with E-state index >= 15 is 0 Å². The fourth-order valence-corrected chi connectivity index (χ4v) is 4.17. The number of carbonyl (C=O) groups excluding carboxylic acids is 4. The summed E-state index contributed by atoms with van der Waals surface area (Å²) in [5.74, 6) is -1.02. The van der Waals surface area contributed by atoms with Crippen LogP contribution in [-0.4, -0.2) is 56.6 Å². The molecule has 226 valence electrons. The number of ether oxygens (including phenoxy) is 1. The van der Waals surface area contributed by atoms with E-state index in [-0.39, 0.29) is 37.3 Å². The van der Waals surface area contributed by atoms with Crippen LogP contribution < -0.4 is 37.1 Å². The normalized spacial score (nSPS) is 11.7. The number of nitrogens with two attached hydrogens (primary N) is 1. The molecule has 0 aliphatic rings. The van der Waals surface area contributed by atoms with Crippen molar-refractivity contribution >= 4 is 29.9 Å². The number of amides is 5. The molecule has 0 aliphatic heterocycles. The molecular formula is C31H37N7O5. The van der Waals surface area contributed by atoms with Crippen LogP contribution in [0.25, 0.3) is 0 Å². The predicted octanol–water partition coefficient (Wildman–Crippen LogP) is 2.36. The topological polar surface area (TPSA) is 176 Å². The highest BCUT2D eigenvalue weighted by Gasteiger charge is 2.27. The number of guanidine groups is 1. The van der Waals surface area contributed by atoms with Crippen molar-refractivity contribution in [1.29, 1.82) is 0 Å². The summed E-state index contributed by atoms with van der Waals surface area (Å²) in [6.07, 6.45) is 0.0877. The molecule has 0 saturated heterocycles. The Labute approximate surface area is 250 Å². The van der Waals surface area contributed by atoms with E-state index in [1.54, 1.807) is 24.3 Å². The van der Waals surface area contributed by atoms with Gasteiger partial charge >= 0.3 is 12.1 Å². The molecule has 0 heterocycles. The number of hydrogen-bond donors (Lipinski definition) is 6. The summed E-state index contributed by atoms with van der Waals surface area (Å²) in [4.78, 5) is 54.1. The summed E-state index contributed by atoms with van der Waals surface area (Å²) in [6, 6.07) is 24.0. The Hall–Kier alpha value is -5.39. The van der Waals surface area contributed by atoms with Crippen molar-refractivity contribution in [3.63, 3.8) is 0 Å². The first-order valence-electron chi connectivity index (χ1n) is 13.8. The maximum atomic E-state index is 13.7. The van der Waals surface area contributed by atoms with Crippen LogP contribution in [0.3, 0.4) is 0 Å². The Balaban J connectivity index is 1.73. The monoisotopic (exact) mass is 587 g/mol. The number of urea groups is 1. The number of carbonyl (C=O) groups is 4. The van der Waals surface area contributed by atoms with Crippen LogP contribution in [0.1, 0.15) is 35.4 Å². The van der Waals surface area contributed by atoms with Gasteiger partial charge in [0.25, 0.3) is 0 Å². The summed E-state index contributed by atoms with van der Waals surface area (Å²) in [7, 11) is 2.92. The van der Waals surface area contributed by atoms with Crippen LogP contribution in [0.2, 0.25) is 0 Å². The third-order valence-electron chi connectivity index (χ3n) is 6.37. The van der Waals surface area contributed by atoms with Gasteiger partial charge in [0.1, 0.15) is 11.8 Å². The van der Waals surface area contributed by atoms with Gasteiger partial charge in [0, 0.05) is 27.2 Å². The van der Waals surface area contributed by atoms with Gasteiger partial charge in [-0.15, -0.1) is 0 Å². The molecule has 0 saturated carbocycles.